The zero-order chi connectivity index (χ0) is 14.3. The van der Waals surface area contributed by atoms with Crippen molar-refractivity contribution in [2.75, 3.05) is 0 Å². The zero-order valence-corrected chi connectivity index (χ0v) is 11.6. The Morgan fingerprint density at radius 3 is 2.60 bits per heavy atom. The summed E-state index contributed by atoms with van der Waals surface area (Å²) in [5, 5.41) is 16.3. The highest BCUT2D eigenvalue weighted by Crippen LogP contribution is 2.40. The molecule has 0 radical (unpaired) electrons. The minimum absolute atomic E-state index is 0.354. The molecule has 1 heterocycles. The summed E-state index contributed by atoms with van der Waals surface area (Å²) in [6.07, 6.45) is 3.49. The molecule has 0 aliphatic heterocycles. The fourth-order valence-electron chi connectivity index (χ4n) is 2.70. The Labute approximate surface area is 117 Å². The summed E-state index contributed by atoms with van der Waals surface area (Å²) in [6, 6.07) is 3.72. The van der Waals surface area contributed by atoms with Crippen LogP contribution in [0.25, 0.3) is 11.4 Å². The smallest absolute Gasteiger partial charge is 0.335 e. The lowest BCUT2D eigenvalue weighted by molar-refractivity contribution is 0.0696. The standard InChI is InChI=1S/C15H17N3O2/c1-8-12(10-4-3-5-10)6-11(7-13(8)15(19)20)14-16-9(2)17-18-14/h6-7,10H,3-5H2,1-2H3,(H,19,20)(H,16,17,18). The van der Waals surface area contributed by atoms with Crippen molar-refractivity contribution in [2.24, 2.45) is 0 Å². The minimum atomic E-state index is -0.891. The fraction of sp³-hybridized carbons (Fsp3) is 0.400. The normalized spacial score (nSPS) is 15.1. The molecule has 5 heteroatoms. The molecule has 3 rings (SSSR count). The van der Waals surface area contributed by atoms with Crippen molar-refractivity contribution in [1.29, 1.82) is 0 Å². The predicted octanol–water partition coefficient (Wildman–Crippen LogP) is 3.05. The van der Waals surface area contributed by atoms with Gasteiger partial charge in [0.1, 0.15) is 5.82 Å². The van der Waals surface area contributed by atoms with E-state index in [1.807, 2.05) is 19.9 Å². The monoisotopic (exact) mass is 271 g/mol. The predicted molar refractivity (Wildman–Crippen MR) is 74.8 cm³/mol. The van der Waals surface area contributed by atoms with E-state index in [4.69, 9.17) is 0 Å². The van der Waals surface area contributed by atoms with Gasteiger partial charge in [0.15, 0.2) is 5.82 Å². The summed E-state index contributed by atoms with van der Waals surface area (Å²) >= 11 is 0. The van der Waals surface area contributed by atoms with Gasteiger partial charge in [0.05, 0.1) is 5.56 Å². The maximum absolute atomic E-state index is 11.4. The van der Waals surface area contributed by atoms with Crippen molar-refractivity contribution < 1.29 is 9.90 Å². The molecule has 0 unspecified atom stereocenters. The van der Waals surface area contributed by atoms with Gasteiger partial charge in [0, 0.05) is 5.56 Å². The van der Waals surface area contributed by atoms with Gasteiger partial charge in [-0.15, -0.1) is 0 Å². The molecule has 1 saturated carbocycles. The van der Waals surface area contributed by atoms with Crippen LogP contribution < -0.4 is 0 Å². The molecule has 1 fully saturated rings. The Morgan fingerprint density at radius 1 is 1.35 bits per heavy atom. The third-order valence-corrected chi connectivity index (χ3v) is 4.08. The number of hydrogen-bond acceptors (Lipinski definition) is 3. The lowest BCUT2D eigenvalue weighted by atomic mass is 9.77. The molecule has 2 N–H and O–H groups in total. The van der Waals surface area contributed by atoms with Gasteiger partial charge < -0.3 is 5.11 Å². The quantitative estimate of drug-likeness (QED) is 0.899. The number of benzene rings is 1. The molecule has 0 bridgehead atoms. The van der Waals surface area contributed by atoms with E-state index in [1.54, 1.807) is 6.07 Å². The van der Waals surface area contributed by atoms with E-state index >= 15 is 0 Å². The third-order valence-electron chi connectivity index (χ3n) is 4.08. The number of hydrogen-bond donors (Lipinski definition) is 2. The van der Waals surface area contributed by atoms with Crippen molar-refractivity contribution in [3.8, 4) is 11.4 Å². The molecule has 20 heavy (non-hydrogen) atoms. The molecular formula is C15H17N3O2. The van der Waals surface area contributed by atoms with Crippen LogP contribution in [-0.4, -0.2) is 26.3 Å². The summed E-state index contributed by atoms with van der Waals surface area (Å²) in [5.41, 5.74) is 3.14. The van der Waals surface area contributed by atoms with Gasteiger partial charge in [-0.2, -0.15) is 5.10 Å². The number of aromatic amines is 1. The van der Waals surface area contributed by atoms with Crippen LogP contribution in [0.3, 0.4) is 0 Å². The zero-order valence-electron chi connectivity index (χ0n) is 11.6. The number of carboxylic acids is 1. The second kappa shape index (κ2) is 4.74. The highest BCUT2D eigenvalue weighted by Gasteiger charge is 2.25. The van der Waals surface area contributed by atoms with Gasteiger partial charge >= 0.3 is 5.97 Å². The van der Waals surface area contributed by atoms with Crippen LogP contribution in [0.5, 0.6) is 0 Å². The number of carbonyl (C=O) groups is 1. The summed E-state index contributed by atoms with van der Waals surface area (Å²) in [5.74, 6) is 0.874. The van der Waals surface area contributed by atoms with Crippen molar-refractivity contribution >= 4 is 5.97 Å². The molecule has 0 spiro atoms. The van der Waals surface area contributed by atoms with E-state index in [0.717, 1.165) is 35.4 Å². The fourth-order valence-corrected chi connectivity index (χ4v) is 2.70. The van der Waals surface area contributed by atoms with E-state index in [2.05, 4.69) is 15.2 Å². The third kappa shape index (κ3) is 2.09. The SMILES string of the molecule is Cc1nc(-c2cc(C(=O)O)c(C)c(C3CCC3)c2)n[nH]1. The largest absolute Gasteiger partial charge is 0.478 e. The number of aromatic nitrogens is 3. The number of aromatic carboxylic acids is 1. The molecule has 1 aromatic carbocycles. The Morgan fingerprint density at radius 2 is 2.10 bits per heavy atom. The first-order valence-corrected chi connectivity index (χ1v) is 6.83. The van der Waals surface area contributed by atoms with Crippen LogP contribution in [0.15, 0.2) is 12.1 Å². The van der Waals surface area contributed by atoms with Gasteiger partial charge in [0.25, 0.3) is 0 Å². The van der Waals surface area contributed by atoms with E-state index in [0.29, 0.717) is 17.3 Å². The summed E-state index contributed by atoms with van der Waals surface area (Å²) < 4.78 is 0. The first kappa shape index (κ1) is 12.8. The van der Waals surface area contributed by atoms with Crippen molar-refractivity contribution in [3.05, 3.63) is 34.6 Å². The summed E-state index contributed by atoms with van der Waals surface area (Å²) in [7, 11) is 0. The van der Waals surface area contributed by atoms with E-state index in [1.165, 1.54) is 6.42 Å². The lowest BCUT2D eigenvalue weighted by Crippen LogP contribution is -2.13. The van der Waals surface area contributed by atoms with Crippen LogP contribution in [0.2, 0.25) is 0 Å². The maximum Gasteiger partial charge on any atom is 0.335 e. The Bertz CT molecular complexity index is 672. The van der Waals surface area contributed by atoms with Crippen molar-refractivity contribution in [2.45, 2.75) is 39.0 Å². The topological polar surface area (TPSA) is 78.9 Å². The molecule has 5 nitrogen and oxygen atoms in total. The Balaban J connectivity index is 2.15. The van der Waals surface area contributed by atoms with E-state index in [-0.39, 0.29) is 0 Å². The van der Waals surface area contributed by atoms with Gasteiger partial charge in [-0.25, -0.2) is 9.78 Å². The number of aryl methyl sites for hydroxylation is 1. The first-order valence-electron chi connectivity index (χ1n) is 6.83. The minimum Gasteiger partial charge on any atom is -0.478 e. The number of nitrogens with one attached hydrogen (secondary N) is 1. The van der Waals surface area contributed by atoms with Crippen LogP contribution in [-0.2, 0) is 0 Å². The average molecular weight is 271 g/mol. The van der Waals surface area contributed by atoms with Gasteiger partial charge in [0.2, 0.25) is 0 Å². The number of rotatable bonds is 3. The van der Waals surface area contributed by atoms with Crippen molar-refractivity contribution in [3.63, 3.8) is 0 Å². The Hall–Kier alpha value is -2.17. The molecule has 2 aromatic rings. The highest BCUT2D eigenvalue weighted by molar-refractivity contribution is 5.91. The molecule has 0 amide bonds. The summed E-state index contributed by atoms with van der Waals surface area (Å²) in [4.78, 5) is 15.7. The number of nitrogens with zero attached hydrogens (tertiary/aromatic N) is 2. The van der Waals surface area contributed by atoms with Gasteiger partial charge in [-0.1, -0.05) is 6.42 Å². The second-order valence-electron chi connectivity index (χ2n) is 5.42. The van der Waals surface area contributed by atoms with Crippen molar-refractivity contribution in [1.82, 2.24) is 15.2 Å². The van der Waals surface area contributed by atoms with Gasteiger partial charge in [-0.3, -0.25) is 5.10 Å². The molecule has 0 atom stereocenters. The molecule has 1 aliphatic carbocycles. The second-order valence-corrected chi connectivity index (χ2v) is 5.42. The molecular weight excluding hydrogens is 254 g/mol. The van der Waals surface area contributed by atoms with Crippen LogP contribution in [0.1, 0.15) is 52.5 Å². The number of carboxylic acid groups (broad SMARTS) is 1. The van der Waals surface area contributed by atoms with Gasteiger partial charge in [-0.05, 0) is 55.9 Å². The first-order chi connectivity index (χ1) is 9.56. The van der Waals surface area contributed by atoms with E-state index in [9.17, 15) is 9.90 Å². The lowest BCUT2D eigenvalue weighted by Gasteiger charge is -2.28. The van der Waals surface area contributed by atoms with E-state index < -0.39 is 5.97 Å². The molecule has 1 aliphatic rings. The maximum atomic E-state index is 11.4. The van der Waals surface area contributed by atoms with Crippen LogP contribution in [0, 0.1) is 13.8 Å². The molecule has 104 valence electrons. The van der Waals surface area contributed by atoms with Crippen LogP contribution >= 0.6 is 0 Å². The Kier molecular flexibility index (Phi) is 3.04. The molecule has 0 saturated heterocycles. The van der Waals surface area contributed by atoms with Crippen LogP contribution in [0.4, 0.5) is 0 Å². The average Bonchev–Trinajstić information content (AvgIpc) is 2.75. The number of H-pyrrole nitrogens is 1. The summed E-state index contributed by atoms with van der Waals surface area (Å²) in [6.45, 7) is 3.72. The highest BCUT2D eigenvalue weighted by atomic mass is 16.4. The molecule has 1 aromatic heterocycles.